The monoisotopic (exact) mass is 270 g/mol. The molecule has 0 radical (unpaired) electrons. The van der Waals surface area contributed by atoms with Crippen LogP contribution in [-0.2, 0) is 14.3 Å². The van der Waals surface area contributed by atoms with Crippen LogP contribution in [0.3, 0.4) is 0 Å². The van der Waals surface area contributed by atoms with Crippen LogP contribution < -0.4 is 10.6 Å². The third-order valence-electron chi connectivity index (χ3n) is 4.07. The number of carboxylic acid groups (broad SMARTS) is 1. The van der Waals surface area contributed by atoms with Gasteiger partial charge in [0.2, 0.25) is 5.91 Å². The second-order valence-electron chi connectivity index (χ2n) is 5.50. The van der Waals surface area contributed by atoms with Crippen LogP contribution in [0.5, 0.6) is 0 Å². The maximum absolute atomic E-state index is 12.3. The van der Waals surface area contributed by atoms with E-state index in [1.807, 2.05) is 6.92 Å². The molecule has 3 N–H and O–H groups in total. The van der Waals surface area contributed by atoms with Crippen molar-refractivity contribution in [2.75, 3.05) is 19.8 Å². The van der Waals surface area contributed by atoms with E-state index in [-0.39, 0.29) is 24.3 Å². The molecule has 2 atom stereocenters. The number of likely N-dealkylation sites (N-methyl/N-ethyl adjacent to an activating group) is 1. The highest BCUT2D eigenvalue weighted by Crippen LogP contribution is 2.35. The largest absolute Gasteiger partial charge is 0.481 e. The lowest BCUT2D eigenvalue weighted by molar-refractivity contribution is -0.140. The van der Waals surface area contributed by atoms with Gasteiger partial charge in [-0.1, -0.05) is 6.92 Å². The molecule has 0 bridgehead atoms. The highest BCUT2D eigenvalue weighted by Gasteiger charge is 2.43. The summed E-state index contributed by atoms with van der Waals surface area (Å²) in [4.78, 5) is 23.2. The summed E-state index contributed by atoms with van der Waals surface area (Å²) in [5.41, 5.74) is -0.526. The van der Waals surface area contributed by atoms with Gasteiger partial charge in [-0.3, -0.25) is 9.59 Å². The van der Waals surface area contributed by atoms with Crippen LogP contribution in [0.2, 0.25) is 0 Å². The van der Waals surface area contributed by atoms with Crippen LogP contribution in [0.25, 0.3) is 0 Å². The molecule has 1 saturated heterocycles. The second-order valence-corrected chi connectivity index (χ2v) is 5.50. The number of hydrogen-bond donors (Lipinski definition) is 3. The minimum atomic E-state index is -0.856. The van der Waals surface area contributed by atoms with E-state index in [2.05, 4.69) is 10.6 Å². The van der Waals surface area contributed by atoms with Gasteiger partial charge in [0.25, 0.3) is 0 Å². The molecule has 0 aromatic rings. The van der Waals surface area contributed by atoms with Gasteiger partial charge >= 0.3 is 5.97 Å². The van der Waals surface area contributed by atoms with Crippen LogP contribution in [0.1, 0.15) is 32.6 Å². The summed E-state index contributed by atoms with van der Waals surface area (Å²) in [5.74, 6) is -1.15. The molecular formula is C13H22N2O4. The van der Waals surface area contributed by atoms with Gasteiger partial charge in [-0.2, -0.15) is 0 Å². The third-order valence-corrected chi connectivity index (χ3v) is 4.07. The number of carbonyl (C=O) groups is 2. The average molecular weight is 270 g/mol. The second kappa shape index (κ2) is 5.88. The van der Waals surface area contributed by atoms with Gasteiger partial charge in [-0.15, -0.1) is 0 Å². The molecule has 1 heterocycles. The maximum Gasteiger partial charge on any atom is 0.305 e. The molecule has 2 fully saturated rings. The lowest BCUT2D eigenvalue weighted by Crippen LogP contribution is -2.58. The van der Waals surface area contributed by atoms with E-state index in [0.29, 0.717) is 13.2 Å². The van der Waals surface area contributed by atoms with Crippen molar-refractivity contribution < 1.29 is 19.4 Å². The normalized spacial score (nSPS) is 28.7. The van der Waals surface area contributed by atoms with Gasteiger partial charge in [0.1, 0.15) is 0 Å². The molecule has 1 amide bonds. The molecule has 1 aliphatic heterocycles. The number of carboxylic acids is 1. The first-order valence-corrected chi connectivity index (χ1v) is 6.91. The Morgan fingerprint density at radius 1 is 1.37 bits per heavy atom. The number of hydrogen-bond acceptors (Lipinski definition) is 4. The Morgan fingerprint density at radius 2 is 2.11 bits per heavy atom. The van der Waals surface area contributed by atoms with Crippen molar-refractivity contribution in [2.45, 2.75) is 44.2 Å². The summed E-state index contributed by atoms with van der Waals surface area (Å²) < 4.78 is 5.35. The zero-order valence-corrected chi connectivity index (χ0v) is 11.3. The van der Waals surface area contributed by atoms with E-state index in [4.69, 9.17) is 9.84 Å². The van der Waals surface area contributed by atoms with Gasteiger partial charge < -0.3 is 20.5 Å². The van der Waals surface area contributed by atoms with E-state index < -0.39 is 11.5 Å². The van der Waals surface area contributed by atoms with Gasteiger partial charge in [0, 0.05) is 6.04 Å². The molecule has 19 heavy (non-hydrogen) atoms. The van der Waals surface area contributed by atoms with Crippen molar-refractivity contribution in [1.82, 2.24) is 10.6 Å². The fourth-order valence-corrected chi connectivity index (χ4v) is 2.87. The zero-order chi connectivity index (χ0) is 13.9. The fraction of sp³-hybridized carbons (Fsp3) is 0.846. The van der Waals surface area contributed by atoms with E-state index in [9.17, 15) is 9.59 Å². The van der Waals surface area contributed by atoms with Crippen LogP contribution in [-0.4, -0.2) is 48.3 Å². The van der Waals surface area contributed by atoms with E-state index in [1.165, 1.54) is 0 Å². The predicted octanol–water partition coefficient (Wildman–Crippen LogP) is 0.125. The molecule has 1 saturated carbocycles. The SMILES string of the molecule is CCNC1COCC1C(=O)NC1(CC(=O)O)CCC1. The van der Waals surface area contributed by atoms with Gasteiger partial charge in [0.15, 0.2) is 0 Å². The highest BCUT2D eigenvalue weighted by molar-refractivity contribution is 5.82. The predicted molar refractivity (Wildman–Crippen MR) is 68.8 cm³/mol. The lowest BCUT2D eigenvalue weighted by atomic mass is 9.74. The Balaban J connectivity index is 1.94. The molecule has 108 valence electrons. The van der Waals surface area contributed by atoms with Gasteiger partial charge in [-0.05, 0) is 25.8 Å². The molecule has 6 heteroatoms. The quantitative estimate of drug-likeness (QED) is 0.638. The van der Waals surface area contributed by atoms with E-state index >= 15 is 0 Å². The molecule has 2 aliphatic rings. The maximum atomic E-state index is 12.3. The van der Waals surface area contributed by atoms with Crippen molar-refractivity contribution in [1.29, 1.82) is 0 Å². The van der Waals surface area contributed by atoms with E-state index in [1.54, 1.807) is 0 Å². The average Bonchev–Trinajstić information content (AvgIpc) is 2.74. The van der Waals surface area contributed by atoms with Crippen LogP contribution in [0, 0.1) is 5.92 Å². The Bertz CT molecular complexity index is 355. The summed E-state index contributed by atoms with van der Waals surface area (Å²) in [6.07, 6.45) is 2.50. The number of carbonyl (C=O) groups excluding carboxylic acids is 1. The fourth-order valence-electron chi connectivity index (χ4n) is 2.87. The summed E-state index contributed by atoms with van der Waals surface area (Å²) in [6, 6.07) is 0.0342. The Hall–Kier alpha value is -1.14. The lowest BCUT2D eigenvalue weighted by Gasteiger charge is -2.42. The number of ether oxygens (including phenoxy) is 1. The van der Waals surface area contributed by atoms with Crippen molar-refractivity contribution in [3.05, 3.63) is 0 Å². The van der Waals surface area contributed by atoms with Crippen LogP contribution >= 0.6 is 0 Å². The standard InChI is InChI=1S/C13H22N2O4/c1-2-14-10-8-19-7-9(10)12(18)15-13(4-3-5-13)6-11(16)17/h9-10,14H,2-8H2,1H3,(H,15,18)(H,16,17). The third kappa shape index (κ3) is 3.25. The van der Waals surface area contributed by atoms with Crippen molar-refractivity contribution in [3.8, 4) is 0 Å². The number of nitrogens with one attached hydrogen (secondary N) is 2. The van der Waals surface area contributed by atoms with E-state index in [0.717, 1.165) is 25.8 Å². The molecule has 2 rings (SSSR count). The van der Waals surface area contributed by atoms with Crippen LogP contribution in [0.4, 0.5) is 0 Å². The molecule has 0 aromatic heterocycles. The molecule has 6 nitrogen and oxygen atoms in total. The number of rotatable bonds is 6. The molecular weight excluding hydrogens is 248 g/mol. The first kappa shape index (κ1) is 14.3. The molecule has 1 aliphatic carbocycles. The summed E-state index contributed by atoms with van der Waals surface area (Å²) >= 11 is 0. The van der Waals surface area contributed by atoms with Gasteiger partial charge in [0.05, 0.1) is 31.1 Å². The Kier molecular flexibility index (Phi) is 4.42. The first-order chi connectivity index (χ1) is 9.06. The number of aliphatic carboxylic acids is 1. The Labute approximate surface area is 112 Å². The minimum absolute atomic E-state index is 0.0121. The molecule has 0 aromatic carbocycles. The van der Waals surface area contributed by atoms with Crippen molar-refractivity contribution in [3.63, 3.8) is 0 Å². The molecule has 2 unspecified atom stereocenters. The zero-order valence-electron chi connectivity index (χ0n) is 11.3. The summed E-state index contributed by atoms with van der Waals surface area (Å²) in [7, 11) is 0. The first-order valence-electron chi connectivity index (χ1n) is 6.91. The smallest absolute Gasteiger partial charge is 0.305 e. The highest BCUT2D eigenvalue weighted by atomic mass is 16.5. The topological polar surface area (TPSA) is 87.7 Å². The number of amides is 1. The van der Waals surface area contributed by atoms with Crippen LogP contribution in [0.15, 0.2) is 0 Å². The summed E-state index contributed by atoms with van der Waals surface area (Å²) in [5, 5.41) is 15.1. The minimum Gasteiger partial charge on any atom is -0.481 e. The summed E-state index contributed by atoms with van der Waals surface area (Å²) in [6.45, 7) is 3.73. The Morgan fingerprint density at radius 3 is 2.63 bits per heavy atom. The van der Waals surface area contributed by atoms with Gasteiger partial charge in [-0.25, -0.2) is 0 Å². The van der Waals surface area contributed by atoms with Crippen molar-refractivity contribution >= 4 is 11.9 Å². The van der Waals surface area contributed by atoms with Crippen molar-refractivity contribution in [2.24, 2.45) is 5.92 Å². The molecule has 0 spiro atoms.